The van der Waals surface area contributed by atoms with E-state index in [2.05, 4.69) is 0 Å². The predicted molar refractivity (Wildman–Crippen MR) is 71.4 cm³/mol. The van der Waals surface area contributed by atoms with Crippen molar-refractivity contribution >= 4 is 5.97 Å². The molecule has 0 bridgehead atoms. The highest BCUT2D eigenvalue weighted by Gasteiger charge is 2.25. The van der Waals surface area contributed by atoms with Crippen LogP contribution in [0.15, 0.2) is 12.1 Å². The monoisotopic (exact) mass is 264 g/mol. The first kappa shape index (κ1) is 13.9. The minimum atomic E-state index is -1.53. The lowest BCUT2D eigenvalue weighted by molar-refractivity contribution is -0.147. The van der Waals surface area contributed by atoms with Gasteiger partial charge in [-0.25, -0.2) is 4.79 Å². The number of aliphatic hydroxyl groups excluding tert-OH is 1. The molecule has 4 nitrogen and oxygen atoms in total. The number of aliphatic hydroxyl groups is 1. The molecule has 1 atom stereocenters. The van der Waals surface area contributed by atoms with Crippen molar-refractivity contribution in [3.05, 3.63) is 28.8 Å². The minimum Gasteiger partial charge on any atom is -0.490 e. The molecule has 2 N–H and O–H groups in total. The van der Waals surface area contributed by atoms with Crippen LogP contribution in [0.5, 0.6) is 5.75 Å². The van der Waals surface area contributed by atoms with Gasteiger partial charge in [0.25, 0.3) is 0 Å². The van der Waals surface area contributed by atoms with Crippen LogP contribution in [0.1, 0.15) is 48.5 Å². The molecule has 1 aromatic carbocycles. The molecule has 19 heavy (non-hydrogen) atoms. The van der Waals surface area contributed by atoms with E-state index in [1.807, 2.05) is 19.9 Å². The highest BCUT2D eigenvalue weighted by molar-refractivity contribution is 5.75. The molecule has 1 fully saturated rings. The van der Waals surface area contributed by atoms with Gasteiger partial charge in [0.2, 0.25) is 0 Å². The zero-order valence-electron chi connectivity index (χ0n) is 11.3. The summed E-state index contributed by atoms with van der Waals surface area (Å²) in [5.74, 6) is -0.707. The van der Waals surface area contributed by atoms with Gasteiger partial charge in [0.15, 0.2) is 6.10 Å². The Morgan fingerprint density at radius 1 is 1.32 bits per heavy atom. The molecule has 1 aliphatic carbocycles. The van der Waals surface area contributed by atoms with E-state index >= 15 is 0 Å². The summed E-state index contributed by atoms with van der Waals surface area (Å²) in [5.41, 5.74) is 2.29. The maximum absolute atomic E-state index is 11.0. The topological polar surface area (TPSA) is 66.8 Å². The second kappa shape index (κ2) is 5.61. The molecule has 0 saturated heterocycles. The summed E-state index contributed by atoms with van der Waals surface area (Å²) in [7, 11) is 0. The molecule has 0 aromatic heterocycles. The Kier molecular flexibility index (Phi) is 4.10. The maximum Gasteiger partial charge on any atom is 0.337 e. The minimum absolute atomic E-state index is 0.139. The fourth-order valence-electron chi connectivity index (χ4n) is 2.49. The molecule has 4 heteroatoms. The smallest absolute Gasteiger partial charge is 0.337 e. The van der Waals surface area contributed by atoms with Crippen molar-refractivity contribution < 1.29 is 19.7 Å². The highest BCUT2D eigenvalue weighted by Crippen LogP contribution is 2.34. The Hall–Kier alpha value is -1.55. The van der Waals surface area contributed by atoms with Crippen molar-refractivity contribution in [2.45, 2.75) is 51.7 Å². The molecule has 1 aromatic rings. The van der Waals surface area contributed by atoms with E-state index in [0.29, 0.717) is 11.3 Å². The van der Waals surface area contributed by atoms with Gasteiger partial charge in [0.1, 0.15) is 5.75 Å². The lowest BCUT2D eigenvalue weighted by Gasteiger charge is -2.21. The number of hydrogen-bond donors (Lipinski definition) is 2. The van der Waals surface area contributed by atoms with Crippen LogP contribution in [-0.2, 0) is 4.79 Å². The quantitative estimate of drug-likeness (QED) is 0.877. The van der Waals surface area contributed by atoms with Gasteiger partial charge in [-0.05, 0) is 50.7 Å². The van der Waals surface area contributed by atoms with E-state index < -0.39 is 12.1 Å². The predicted octanol–water partition coefficient (Wildman–Crippen LogP) is 2.74. The average Bonchev–Trinajstić information content (AvgIpc) is 2.87. The van der Waals surface area contributed by atoms with Crippen molar-refractivity contribution in [3.8, 4) is 5.75 Å². The third-order valence-corrected chi connectivity index (χ3v) is 3.82. The van der Waals surface area contributed by atoms with Crippen LogP contribution in [0.25, 0.3) is 0 Å². The Labute approximate surface area is 113 Å². The summed E-state index contributed by atoms with van der Waals surface area (Å²) < 4.78 is 5.97. The molecular weight excluding hydrogens is 244 g/mol. The fourth-order valence-corrected chi connectivity index (χ4v) is 2.49. The number of hydrogen-bond acceptors (Lipinski definition) is 3. The zero-order valence-corrected chi connectivity index (χ0v) is 11.3. The zero-order chi connectivity index (χ0) is 14.0. The molecule has 0 spiro atoms. The van der Waals surface area contributed by atoms with Crippen molar-refractivity contribution in [2.24, 2.45) is 0 Å². The normalized spacial score (nSPS) is 17.4. The molecule has 0 amide bonds. The summed E-state index contributed by atoms with van der Waals surface area (Å²) in [5, 5.41) is 18.8. The molecule has 104 valence electrons. The SMILES string of the molecule is Cc1ccc(C(O)C(=O)O)c(OC2CCCC2)c1C. The van der Waals surface area contributed by atoms with Gasteiger partial charge in [-0.2, -0.15) is 0 Å². The lowest BCUT2D eigenvalue weighted by atomic mass is 10.0. The van der Waals surface area contributed by atoms with Gasteiger partial charge in [-0.1, -0.05) is 12.1 Å². The first-order valence-electron chi connectivity index (χ1n) is 6.68. The van der Waals surface area contributed by atoms with Crippen LogP contribution in [0.4, 0.5) is 0 Å². The summed E-state index contributed by atoms with van der Waals surface area (Å²) in [4.78, 5) is 11.0. The molecule has 2 rings (SSSR count). The van der Waals surface area contributed by atoms with Crippen LogP contribution in [-0.4, -0.2) is 22.3 Å². The summed E-state index contributed by atoms with van der Waals surface area (Å²) in [6, 6.07) is 3.46. The fraction of sp³-hybridized carbons (Fsp3) is 0.533. The van der Waals surface area contributed by atoms with Gasteiger partial charge in [0.05, 0.1) is 6.10 Å². The van der Waals surface area contributed by atoms with Gasteiger partial charge in [0, 0.05) is 5.56 Å². The van der Waals surface area contributed by atoms with Gasteiger partial charge >= 0.3 is 5.97 Å². The lowest BCUT2D eigenvalue weighted by Crippen LogP contribution is -2.17. The molecule has 1 unspecified atom stereocenters. The number of rotatable bonds is 4. The number of carboxylic acid groups (broad SMARTS) is 1. The van der Waals surface area contributed by atoms with Crippen LogP contribution in [0.2, 0.25) is 0 Å². The van der Waals surface area contributed by atoms with E-state index in [1.54, 1.807) is 6.07 Å². The number of aliphatic carboxylic acids is 1. The average molecular weight is 264 g/mol. The maximum atomic E-state index is 11.0. The van der Waals surface area contributed by atoms with Gasteiger partial charge in [-0.15, -0.1) is 0 Å². The highest BCUT2D eigenvalue weighted by atomic mass is 16.5. The molecule has 1 saturated carbocycles. The summed E-state index contributed by atoms with van der Waals surface area (Å²) in [6.07, 6.45) is 2.89. The number of carboxylic acids is 1. The van der Waals surface area contributed by atoms with E-state index in [0.717, 1.165) is 36.8 Å². The molecule has 0 aliphatic heterocycles. The Morgan fingerprint density at radius 2 is 1.95 bits per heavy atom. The van der Waals surface area contributed by atoms with E-state index in [4.69, 9.17) is 9.84 Å². The third kappa shape index (κ3) is 2.89. The van der Waals surface area contributed by atoms with Crippen LogP contribution < -0.4 is 4.74 Å². The van der Waals surface area contributed by atoms with E-state index in [-0.39, 0.29) is 6.10 Å². The van der Waals surface area contributed by atoms with Crippen molar-refractivity contribution in [1.29, 1.82) is 0 Å². The van der Waals surface area contributed by atoms with Crippen molar-refractivity contribution in [1.82, 2.24) is 0 Å². The number of aryl methyl sites for hydroxylation is 1. The number of carbonyl (C=O) groups is 1. The van der Waals surface area contributed by atoms with Crippen LogP contribution >= 0.6 is 0 Å². The van der Waals surface area contributed by atoms with Gasteiger partial charge in [-0.3, -0.25) is 0 Å². The standard InChI is InChI=1S/C15H20O4/c1-9-7-8-12(13(16)15(17)18)14(10(9)2)19-11-5-3-4-6-11/h7-8,11,13,16H,3-6H2,1-2H3,(H,17,18). The second-order valence-corrected chi connectivity index (χ2v) is 5.19. The molecule has 1 aliphatic rings. The number of benzene rings is 1. The Morgan fingerprint density at radius 3 is 2.53 bits per heavy atom. The van der Waals surface area contributed by atoms with Crippen LogP contribution in [0, 0.1) is 13.8 Å². The van der Waals surface area contributed by atoms with Crippen LogP contribution in [0.3, 0.4) is 0 Å². The molecule has 0 radical (unpaired) electrons. The van der Waals surface area contributed by atoms with Crippen molar-refractivity contribution in [2.75, 3.05) is 0 Å². The Bertz CT molecular complexity index is 475. The molecule has 0 heterocycles. The number of ether oxygens (including phenoxy) is 1. The molecular formula is C15H20O4. The Balaban J connectivity index is 2.36. The largest absolute Gasteiger partial charge is 0.490 e. The van der Waals surface area contributed by atoms with Crippen molar-refractivity contribution in [3.63, 3.8) is 0 Å². The van der Waals surface area contributed by atoms with E-state index in [9.17, 15) is 9.90 Å². The van der Waals surface area contributed by atoms with Gasteiger partial charge < -0.3 is 14.9 Å². The summed E-state index contributed by atoms with van der Waals surface area (Å²) in [6.45, 7) is 3.85. The van der Waals surface area contributed by atoms with E-state index in [1.165, 1.54) is 0 Å². The first-order chi connectivity index (χ1) is 9.00. The summed E-state index contributed by atoms with van der Waals surface area (Å²) >= 11 is 0. The third-order valence-electron chi connectivity index (χ3n) is 3.82. The second-order valence-electron chi connectivity index (χ2n) is 5.19. The first-order valence-corrected chi connectivity index (χ1v) is 6.68.